The maximum atomic E-state index is 12.4. The van der Waals surface area contributed by atoms with Crippen LogP contribution in [0.1, 0.15) is 24.0 Å². The van der Waals surface area contributed by atoms with Crippen molar-refractivity contribution in [2.24, 2.45) is 0 Å². The number of rotatable bonds is 3. The number of likely N-dealkylation sites (tertiary alicyclic amines) is 1. The van der Waals surface area contributed by atoms with Crippen molar-refractivity contribution >= 4 is 5.91 Å². The van der Waals surface area contributed by atoms with Gasteiger partial charge in [-0.05, 0) is 30.5 Å². The Morgan fingerprint density at radius 1 is 1.18 bits per heavy atom. The molecule has 1 aliphatic heterocycles. The number of benzene rings is 1. The molecule has 0 saturated carbocycles. The summed E-state index contributed by atoms with van der Waals surface area (Å²) in [5, 5.41) is 18.9. The molecule has 0 aromatic heterocycles. The number of alkyl halides is 3. The molecule has 0 aliphatic carbocycles. The van der Waals surface area contributed by atoms with Gasteiger partial charge in [0, 0.05) is 19.5 Å². The smallest absolute Gasteiger partial charge is 0.390 e. The van der Waals surface area contributed by atoms with Crippen LogP contribution in [-0.4, -0.2) is 46.3 Å². The number of hydrogen-bond acceptors (Lipinski definition) is 3. The van der Waals surface area contributed by atoms with E-state index in [4.69, 9.17) is 0 Å². The van der Waals surface area contributed by atoms with Crippen LogP contribution in [0.15, 0.2) is 24.3 Å². The van der Waals surface area contributed by atoms with Crippen LogP contribution < -0.4 is 0 Å². The minimum Gasteiger partial charge on any atom is -0.390 e. The highest BCUT2D eigenvalue weighted by Gasteiger charge is 2.30. The molecule has 7 heteroatoms. The number of nitrogens with zero attached hydrogens (tertiary/aromatic N) is 1. The van der Waals surface area contributed by atoms with Crippen LogP contribution in [0.25, 0.3) is 0 Å². The Morgan fingerprint density at radius 3 is 2.36 bits per heavy atom. The monoisotopic (exact) mass is 317 g/mol. The molecule has 22 heavy (non-hydrogen) atoms. The molecule has 0 unspecified atom stereocenters. The van der Waals surface area contributed by atoms with Gasteiger partial charge in [-0.2, -0.15) is 13.2 Å². The summed E-state index contributed by atoms with van der Waals surface area (Å²) in [6.45, 7) is 0.469. The molecule has 1 heterocycles. The largest absolute Gasteiger partial charge is 0.416 e. The molecular weight excluding hydrogens is 299 g/mol. The molecule has 1 amide bonds. The fourth-order valence-electron chi connectivity index (χ4n) is 2.42. The number of aliphatic hydroxyl groups is 2. The van der Waals surface area contributed by atoms with Crippen molar-refractivity contribution in [2.45, 2.75) is 37.6 Å². The summed E-state index contributed by atoms with van der Waals surface area (Å²) in [7, 11) is 0. The van der Waals surface area contributed by atoms with E-state index in [2.05, 4.69) is 0 Å². The van der Waals surface area contributed by atoms with Crippen LogP contribution in [-0.2, 0) is 17.4 Å². The molecule has 2 rings (SSSR count). The van der Waals surface area contributed by atoms with Gasteiger partial charge in [-0.25, -0.2) is 0 Å². The van der Waals surface area contributed by atoms with E-state index < -0.39 is 23.9 Å². The van der Waals surface area contributed by atoms with Gasteiger partial charge in [0.15, 0.2) is 0 Å². The Labute approximate surface area is 126 Å². The van der Waals surface area contributed by atoms with Crippen molar-refractivity contribution < 1.29 is 28.2 Å². The Kier molecular flexibility index (Phi) is 5.08. The van der Waals surface area contributed by atoms with Crippen molar-refractivity contribution in [2.75, 3.05) is 13.1 Å². The molecule has 1 aromatic carbocycles. The number of piperidine rings is 1. The molecule has 1 aliphatic rings. The van der Waals surface area contributed by atoms with Crippen molar-refractivity contribution in [3.05, 3.63) is 35.4 Å². The first kappa shape index (κ1) is 16.8. The predicted molar refractivity (Wildman–Crippen MR) is 73.0 cm³/mol. The highest BCUT2D eigenvalue weighted by atomic mass is 19.4. The van der Waals surface area contributed by atoms with E-state index in [-0.39, 0.29) is 18.9 Å². The maximum Gasteiger partial charge on any atom is 0.416 e. The quantitative estimate of drug-likeness (QED) is 0.890. The lowest BCUT2D eigenvalue weighted by Crippen LogP contribution is -2.49. The lowest BCUT2D eigenvalue weighted by Gasteiger charge is -2.33. The maximum absolute atomic E-state index is 12.4. The van der Waals surface area contributed by atoms with Crippen molar-refractivity contribution in [1.29, 1.82) is 0 Å². The van der Waals surface area contributed by atoms with Crippen LogP contribution in [0.2, 0.25) is 0 Å². The van der Waals surface area contributed by atoms with E-state index in [0.29, 0.717) is 24.9 Å². The summed E-state index contributed by atoms with van der Waals surface area (Å²) < 4.78 is 37.3. The molecule has 122 valence electrons. The van der Waals surface area contributed by atoms with Crippen molar-refractivity contribution in [3.8, 4) is 0 Å². The first-order valence-corrected chi connectivity index (χ1v) is 7.07. The molecule has 0 radical (unpaired) electrons. The number of carbonyl (C=O) groups is 1. The average molecular weight is 317 g/mol. The number of halogens is 3. The Balaban J connectivity index is 1.86. The van der Waals surface area contributed by atoms with Gasteiger partial charge in [0.05, 0.1) is 17.8 Å². The van der Waals surface area contributed by atoms with Crippen LogP contribution in [0, 0.1) is 0 Å². The van der Waals surface area contributed by atoms with E-state index in [1.54, 1.807) is 0 Å². The lowest BCUT2D eigenvalue weighted by molar-refractivity contribution is -0.138. The van der Waals surface area contributed by atoms with E-state index in [0.717, 1.165) is 12.1 Å². The molecule has 1 aromatic rings. The molecule has 1 fully saturated rings. The van der Waals surface area contributed by atoms with Crippen molar-refractivity contribution in [1.82, 2.24) is 4.90 Å². The van der Waals surface area contributed by atoms with Crippen LogP contribution in [0.3, 0.4) is 0 Å². The zero-order valence-electron chi connectivity index (χ0n) is 11.9. The molecular formula is C15H18F3NO3. The summed E-state index contributed by atoms with van der Waals surface area (Å²) in [5.74, 6) is -0.175. The van der Waals surface area contributed by atoms with Gasteiger partial charge in [0.25, 0.3) is 0 Å². The van der Waals surface area contributed by atoms with Gasteiger partial charge >= 0.3 is 6.18 Å². The average Bonchev–Trinajstić information content (AvgIpc) is 2.47. The standard InChI is InChI=1S/C15H18F3NO3/c16-15(17,18)11-4-1-10(2-5-11)3-6-14(22)19-8-7-12(20)13(21)9-19/h1-2,4-5,12-13,20-21H,3,6-9H2/t12-,13+/m1/s1. The van der Waals surface area contributed by atoms with Crippen molar-refractivity contribution in [3.63, 3.8) is 0 Å². The molecule has 1 saturated heterocycles. The van der Waals surface area contributed by atoms with E-state index in [1.165, 1.54) is 17.0 Å². The Bertz CT molecular complexity index is 516. The van der Waals surface area contributed by atoms with Gasteiger partial charge in [0.1, 0.15) is 0 Å². The fraction of sp³-hybridized carbons (Fsp3) is 0.533. The highest BCUT2D eigenvalue weighted by Crippen LogP contribution is 2.29. The van der Waals surface area contributed by atoms with Gasteiger partial charge in [-0.15, -0.1) is 0 Å². The number of aryl methyl sites for hydroxylation is 1. The summed E-state index contributed by atoms with van der Waals surface area (Å²) in [5.41, 5.74) is -0.0605. The molecule has 0 bridgehead atoms. The molecule has 0 spiro atoms. The zero-order valence-corrected chi connectivity index (χ0v) is 11.9. The SMILES string of the molecule is O=C(CCc1ccc(C(F)(F)F)cc1)N1CC[C@@H](O)[C@@H](O)C1. The second-order valence-corrected chi connectivity index (χ2v) is 5.46. The molecule has 2 atom stereocenters. The van der Waals surface area contributed by atoms with E-state index >= 15 is 0 Å². The number of amides is 1. The molecule has 2 N–H and O–H groups in total. The summed E-state index contributed by atoms with van der Waals surface area (Å²) in [6, 6.07) is 4.73. The van der Waals surface area contributed by atoms with E-state index in [1.807, 2.05) is 0 Å². The van der Waals surface area contributed by atoms with Crippen LogP contribution in [0.5, 0.6) is 0 Å². The van der Waals surface area contributed by atoms with E-state index in [9.17, 15) is 28.2 Å². The number of β-amino-alcohol motifs (C(OH)–C–C–N with tert-alkyl or cyclic N) is 1. The van der Waals surface area contributed by atoms with Gasteiger partial charge in [-0.1, -0.05) is 12.1 Å². The zero-order chi connectivity index (χ0) is 16.3. The minimum atomic E-state index is -4.36. The lowest BCUT2D eigenvalue weighted by atomic mass is 10.0. The third-order valence-electron chi connectivity index (χ3n) is 3.81. The predicted octanol–water partition coefficient (Wildman–Crippen LogP) is 1.59. The number of hydrogen-bond donors (Lipinski definition) is 2. The first-order chi connectivity index (χ1) is 10.3. The first-order valence-electron chi connectivity index (χ1n) is 7.07. The van der Waals surface area contributed by atoms with Crippen LogP contribution in [0.4, 0.5) is 13.2 Å². The minimum absolute atomic E-state index is 0.0903. The normalized spacial score (nSPS) is 22.7. The topological polar surface area (TPSA) is 60.8 Å². The number of carbonyl (C=O) groups excluding carboxylic acids is 1. The Hall–Kier alpha value is -1.60. The molecule has 4 nitrogen and oxygen atoms in total. The fourth-order valence-corrected chi connectivity index (χ4v) is 2.42. The third-order valence-corrected chi connectivity index (χ3v) is 3.81. The highest BCUT2D eigenvalue weighted by molar-refractivity contribution is 5.76. The van der Waals surface area contributed by atoms with Crippen LogP contribution >= 0.6 is 0 Å². The summed E-state index contributed by atoms with van der Waals surface area (Å²) in [4.78, 5) is 13.5. The second-order valence-electron chi connectivity index (χ2n) is 5.46. The van der Waals surface area contributed by atoms with Gasteiger partial charge in [-0.3, -0.25) is 4.79 Å². The summed E-state index contributed by atoms with van der Waals surface area (Å²) in [6.07, 6.45) is -5.28. The van der Waals surface area contributed by atoms with Gasteiger partial charge < -0.3 is 15.1 Å². The summed E-state index contributed by atoms with van der Waals surface area (Å²) >= 11 is 0. The van der Waals surface area contributed by atoms with Gasteiger partial charge in [0.2, 0.25) is 5.91 Å². The second kappa shape index (κ2) is 6.66. The Morgan fingerprint density at radius 2 is 1.82 bits per heavy atom. The number of aliphatic hydroxyl groups excluding tert-OH is 2. The third kappa shape index (κ3) is 4.20.